The van der Waals surface area contributed by atoms with E-state index in [-0.39, 0.29) is 6.54 Å². The molecule has 15 heavy (non-hydrogen) atoms. The van der Waals surface area contributed by atoms with Crippen LogP contribution in [-0.2, 0) is 0 Å². The van der Waals surface area contributed by atoms with Gasteiger partial charge in [0.1, 0.15) is 12.9 Å². The maximum Gasteiger partial charge on any atom is 0.123 e. The molecule has 2 rings (SSSR count). The first-order valence-corrected chi connectivity index (χ1v) is 4.33. The number of para-hydroxylation sites is 2. The van der Waals surface area contributed by atoms with Crippen LogP contribution in [0.25, 0.3) is 11.0 Å². The van der Waals surface area contributed by atoms with Crippen LogP contribution in [0.15, 0.2) is 35.9 Å². The second kappa shape index (κ2) is 3.80. The Morgan fingerprint density at radius 2 is 2.33 bits per heavy atom. The van der Waals surface area contributed by atoms with Gasteiger partial charge in [-0.1, -0.05) is 18.1 Å². The summed E-state index contributed by atoms with van der Waals surface area (Å²) < 4.78 is 1.53. The molecule has 74 valence electrons. The maximum atomic E-state index is 10.6. The van der Waals surface area contributed by atoms with Crippen LogP contribution < -0.4 is 5.12 Å². The zero-order chi connectivity index (χ0) is 10.7. The van der Waals surface area contributed by atoms with Gasteiger partial charge < -0.3 is 0 Å². The van der Waals surface area contributed by atoms with Crippen LogP contribution in [0.4, 0.5) is 0 Å². The Morgan fingerprint density at radius 3 is 3.07 bits per heavy atom. The number of hydrogen-bond acceptors (Lipinski definition) is 3. The molecule has 0 aliphatic rings. The van der Waals surface area contributed by atoms with Gasteiger partial charge in [0, 0.05) is 0 Å². The summed E-state index contributed by atoms with van der Waals surface area (Å²) in [5, 5.41) is 3.97. The zero-order valence-corrected chi connectivity index (χ0v) is 7.87. The highest BCUT2D eigenvalue weighted by molar-refractivity contribution is 5.75. The lowest BCUT2D eigenvalue weighted by atomic mass is 10.3. The fourth-order valence-electron chi connectivity index (χ4n) is 1.36. The first-order valence-electron chi connectivity index (χ1n) is 4.33. The summed E-state index contributed by atoms with van der Waals surface area (Å²) in [5.41, 5.74) is 1.59. The number of fused-ring (bicyclic) bond motifs is 1. The quantitative estimate of drug-likeness (QED) is 0.426. The van der Waals surface area contributed by atoms with E-state index < -0.39 is 0 Å². The fourth-order valence-corrected chi connectivity index (χ4v) is 1.36. The molecule has 2 aromatic rings. The molecule has 0 aliphatic carbocycles. The Kier molecular flexibility index (Phi) is 2.33. The molecular formula is C10H8N4O. The minimum Gasteiger partial charge on any atom is -0.235 e. The molecule has 0 bridgehead atoms. The molecular weight excluding hydrogens is 192 g/mol. The van der Waals surface area contributed by atoms with Crippen LogP contribution in [0.5, 0.6) is 0 Å². The van der Waals surface area contributed by atoms with Crippen molar-refractivity contribution >= 4 is 11.0 Å². The SMILES string of the molecule is C#CCN(N=O)n1cnc2ccccc21. The molecule has 1 aromatic heterocycles. The van der Waals surface area contributed by atoms with E-state index in [0.29, 0.717) is 0 Å². The first kappa shape index (κ1) is 9.21. The standard InChI is InChI=1S/C10H8N4O/c1-2-7-14(12-15)13-8-11-9-5-3-4-6-10(9)13/h1,3-6,8H,7H2. The predicted molar refractivity (Wildman–Crippen MR) is 57.4 cm³/mol. The molecule has 0 unspecified atom stereocenters. The minimum absolute atomic E-state index is 0.115. The summed E-state index contributed by atoms with van der Waals surface area (Å²) >= 11 is 0. The summed E-state index contributed by atoms with van der Waals surface area (Å²) in [6, 6.07) is 7.43. The molecule has 0 spiro atoms. The van der Waals surface area contributed by atoms with Crippen LogP contribution in [-0.4, -0.2) is 16.2 Å². The van der Waals surface area contributed by atoms with Gasteiger partial charge in [-0.3, -0.25) is 0 Å². The number of nitrogens with zero attached hydrogens (tertiary/aromatic N) is 4. The Balaban J connectivity index is 2.51. The monoisotopic (exact) mass is 200 g/mol. The van der Waals surface area contributed by atoms with Crippen LogP contribution >= 0.6 is 0 Å². The second-order valence-electron chi connectivity index (χ2n) is 2.89. The topological polar surface area (TPSA) is 50.5 Å². The Morgan fingerprint density at radius 1 is 1.53 bits per heavy atom. The highest BCUT2D eigenvalue weighted by Crippen LogP contribution is 2.12. The van der Waals surface area contributed by atoms with Crippen molar-refractivity contribution in [2.75, 3.05) is 11.7 Å². The van der Waals surface area contributed by atoms with Gasteiger partial charge in [-0.25, -0.2) is 9.66 Å². The highest BCUT2D eigenvalue weighted by atomic mass is 16.3. The smallest absolute Gasteiger partial charge is 0.123 e. The maximum absolute atomic E-state index is 10.6. The molecule has 1 aromatic carbocycles. The summed E-state index contributed by atoms with van der Waals surface area (Å²) in [7, 11) is 0. The zero-order valence-electron chi connectivity index (χ0n) is 7.87. The normalized spacial score (nSPS) is 9.80. The summed E-state index contributed by atoms with van der Waals surface area (Å²) in [4.78, 5) is 14.7. The van der Waals surface area contributed by atoms with Crippen LogP contribution in [0.1, 0.15) is 0 Å². The number of terminal acetylenes is 1. The molecule has 0 atom stereocenters. The number of benzene rings is 1. The summed E-state index contributed by atoms with van der Waals surface area (Å²) in [5.74, 6) is 2.36. The lowest BCUT2D eigenvalue weighted by molar-refractivity contribution is 0.665. The molecule has 0 fully saturated rings. The number of nitroso groups, excluding NO2 is 1. The molecule has 0 N–H and O–H groups in total. The third kappa shape index (κ3) is 1.53. The van der Waals surface area contributed by atoms with Gasteiger partial charge in [-0.05, 0) is 12.1 Å². The average molecular weight is 200 g/mol. The average Bonchev–Trinajstić information content (AvgIpc) is 2.70. The van der Waals surface area contributed by atoms with E-state index in [9.17, 15) is 4.91 Å². The van der Waals surface area contributed by atoms with Crippen molar-refractivity contribution in [3.8, 4) is 12.3 Å². The van der Waals surface area contributed by atoms with Crippen molar-refractivity contribution in [3.63, 3.8) is 0 Å². The van der Waals surface area contributed by atoms with Gasteiger partial charge in [0.25, 0.3) is 0 Å². The van der Waals surface area contributed by atoms with E-state index in [0.717, 1.165) is 16.2 Å². The molecule has 5 nitrogen and oxygen atoms in total. The van der Waals surface area contributed by atoms with Gasteiger partial charge in [0.2, 0.25) is 0 Å². The van der Waals surface area contributed by atoms with Crippen molar-refractivity contribution in [1.29, 1.82) is 0 Å². The van der Waals surface area contributed by atoms with Crippen LogP contribution in [0.2, 0.25) is 0 Å². The molecule has 0 radical (unpaired) electrons. The summed E-state index contributed by atoms with van der Waals surface area (Å²) in [6.45, 7) is 0.115. The summed E-state index contributed by atoms with van der Waals surface area (Å²) in [6.07, 6.45) is 6.65. The van der Waals surface area contributed by atoms with E-state index in [2.05, 4.69) is 16.2 Å². The Bertz CT molecular complexity index is 525. The van der Waals surface area contributed by atoms with Gasteiger partial charge >= 0.3 is 0 Å². The van der Waals surface area contributed by atoms with Crippen molar-refractivity contribution in [3.05, 3.63) is 35.5 Å². The van der Waals surface area contributed by atoms with Crippen LogP contribution in [0, 0.1) is 17.3 Å². The van der Waals surface area contributed by atoms with Crippen molar-refractivity contribution < 1.29 is 0 Å². The Hall–Kier alpha value is -2.35. The third-order valence-electron chi connectivity index (χ3n) is 2.01. The third-order valence-corrected chi connectivity index (χ3v) is 2.01. The molecule has 0 saturated heterocycles. The van der Waals surface area contributed by atoms with E-state index in [4.69, 9.17) is 6.42 Å². The van der Waals surface area contributed by atoms with E-state index in [1.165, 1.54) is 11.0 Å². The lowest BCUT2D eigenvalue weighted by Crippen LogP contribution is -2.27. The van der Waals surface area contributed by atoms with E-state index >= 15 is 0 Å². The molecule has 0 saturated carbocycles. The highest BCUT2D eigenvalue weighted by Gasteiger charge is 2.07. The van der Waals surface area contributed by atoms with E-state index in [1.54, 1.807) is 0 Å². The number of hydrogen-bond donors (Lipinski definition) is 0. The number of rotatable bonds is 3. The van der Waals surface area contributed by atoms with Gasteiger partial charge in [0.15, 0.2) is 0 Å². The van der Waals surface area contributed by atoms with Gasteiger partial charge in [-0.15, -0.1) is 11.3 Å². The van der Waals surface area contributed by atoms with Gasteiger partial charge in [0.05, 0.1) is 16.3 Å². The minimum atomic E-state index is 0.115. The molecule has 0 aliphatic heterocycles. The molecule has 5 heteroatoms. The first-order chi connectivity index (χ1) is 7.36. The second-order valence-corrected chi connectivity index (χ2v) is 2.89. The Labute approximate surface area is 86.2 Å². The largest absolute Gasteiger partial charge is 0.235 e. The number of imidazole rings is 1. The van der Waals surface area contributed by atoms with Crippen molar-refractivity contribution in [1.82, 2.24) is 9.66 Å². The molecule has 0 amide bonds. The molecule has 1 heterocycles. The van der Waals surface area contributed by atoms with Gasteiger partial charge in [-0.2, -0.15) is 5.12 Å². The number of aromatic nitrogens is 2. The van der Waals surface area contributed by atoms with Crippen LogP contribution in [0.3, 0.4) is 0 Å². The van der Waals surface area contributed by atoms with E-state index in [1.807, 2.05) is 24.3 Å². The van der Waals surface area contributed by atoms with Crippen molar-refractivity contribution in [2.45, 2.75) is 0 Å². The predicted octanol–water partition coefficient (Wildman–Crippen LogP) is 1.29. The lowest BCUT2D eigenvalue weighted by Gasteiger charge is -2.13. The van der Waals surface area contributed by atoms with Crippen molar-refractivity contribution in [2.24, 2.45) is 5.29 Å². The fraction of sp³-hybridized carbons (Fsp3) is 0.100.